The van der Waals surface area contributed by atoms with Crippen LogP contribution in [0, 0.1) is 0 Å². The second kappa shape index (κ2) is 5.25. The highest BCUT2D eigenvalue weighted by Gasteiger charge is 2.32. The number of carbonyl (C=O) groups excluding carboxylic acids is 2. The molecule has 0 saturated heterocycles. The molecule has 0 heterocycles. The second-order valence-corrected chi connectivity index (χ2v) is 3.80. The molecule has 0 N–H and O–H groups in total. The average Bonchev–Trinajstić information content (AvgIpc) is 2.47. The lowest BCUT2D eigenvalue weighted by atomic mass is 9.99. The summed E-state index contributed by atoms with van der Waals surface area (Å²) in [6.45, 7) is 0. The molecule has 5 heteroatoms. The molecular formula is C14H10N2O3. The number of hydrogen-bond acceptors (Lipinski definition) is 3. The summed E-state index contributed by atoms with van der Waals surface area (Å²) in [6, 6.07) is 12.3. The van der Waals surface area contributed by atoms with E-state index >= 15 is 0 Å². The predicted octanol–water partition coefficient (Wildman–Crippen LogP) is 1.87. The van der Waals surface area contributed by atoms with Crippen LogP contribution in [0.1, 0.15) is 10.4 Å². The Labute approximate surface area is 109 Å². The maximum atomic E-state index is 12.2. The molecule has 2 aromatic carbocycles. The van der Waals surface area contributed by atoms with Crippen LogP contribution in [0.2, 0.25) is 0 Å². The van der Waals surface area contributed by atoms with Crippen molar-refractivity contribution in [1.29, 1.82) is 0 Å². The molecule has 19 heavy (non-hydrogen) atoms. The van der Waals surface area contributed by atoms with Crippen LogP contribution < -0.4 is 0 Å². The smallest absolute Gasteiger partial charge is 0.446 e. The lowest BCUT2D eigenvalue weighted by Crippen LogP contribution is -2.26. The molecule has 94 valence electrons. The Balaban J connectivity index is 2.59. The van der Waals surface area contributed by atoms with Crippen molar-refractivity contribution in [2.24, 2.45) is 0 Å². The number of benzene rings is 2. The molecule has 0 aliphatic carbocycles. The minimum atomic E-state index is -0.972. The van der Waals surface area contributed by atoms with Crippen LogP contribution in [-0.4, -0.2) is 29.4 Å². The molecule has 0 aliphatic rings. The fraction of sp³-hybridized carbons (Fsp3) is 0.0714. The molecule has 0 bridgehead atoms. The summed E-state index contributed by atoms with van der Waals surface area (Å²) in [5.74, 6) is -1.65. The van der Waals surface area contributed by atoms with Crippen molar-refractivity contribution in [2.45, 2.75) is 0 Å². The number of ketones is 1. The van der Waals surface area contributed by atoms with Crippen molar-refractivity contribution in [3.8, 4) is 0 Å². The number of ether oxygens (including phenoxy) is 1. The van der Waals surface area contributed by atoms with Gasteiger partial charge in [0.15, 0.2) is 0 Å². The predicted molar refractivity (Wildman–Crippen MR) is 68.9 cm³/mol. The zero-order valence-corrected chi connectivity index (χ0v) is 10.2. The van der Waals surface area contributed by atoms with Crippen molar-refractivity contribution in [3.05, 3.63) is 53.6 Å². The van der Waals surface area contributed by atoms with E-state index in [4.69, 9.17) is 5.53 Å². The molecule has 2 rings (SSSR count). The van der Waals surface area contributed by atoms with Crippen LogP contribution in [0.4, 0.5) is 0 Å². The summed E-state index contributed by atoms with van der Waals surface area (Å²) in [5.41, 5.74) is 8.45. The highest BCUT2D eigenvalue weighted by Crippen LogP contribution is 2.19. The Morgan fingerprint density at radius 2 is 1.79 bits per heavy atom. The fourth-order valence-electron chi connectivity index (χ4n) is 1.83. The molecule has 0 aliphatic heterocycles. The van der Waals surface area contributed by atoms with Gasteiger partial charge in [-0.15, -0.1) is 0 Å². The maximum absolute atomic E-state index is 12.2. The first-order chi connectivity index (χ1) is 9.19. The third kappa shape index (κ3) is 2.27. The van der Waals surface area contributed by atoms with Gasteiger partial charge in [0.05, 0.1) is 7.11 Å². The number of Topliss-reactive ketones (excluding diaryl/α,β-unsaturated/α-hetero) is 1. The summed E-state index contributed by atoms with van der Waals surface area (Å²) < 4.78 is 4.41. The largest absolute Gasteiger partial charge is 0.460 e. The van der Waals surface area contributed by atoms with Gasteiger partial charge in [-0.05, 0) is 10.8 Å². The van der Waals surface area contributed by atoms with E-state index in [0.717, 1.165) is 12.5 Å². The molecule has 0 radical (unpaired) electrons. The molecule has 0 atom stereocenters. The summed E-state index contributed by atoms with van der Waals surface area (Å²) in [7, 11) is 1.11. The highest BCUT2D eigenvalue weighted by atomic mass is 16.5. The van der Waals surface area contributed by atoms with Gasteiger partial charge in [-0.1, -0.05) is 42.5 Å². The van der Waals surface area contributed by atoms with Gasteiger partial charge >= 0.3 is 11.7 Å². The first-order valence-electron chi connectivity index (χ1n) is 5.52. The van der Waals surface area contributed by atoms with Gasteiger partial charge in [0.25, 0.3) is 5.78 Å². The third-order valence-corrected chi connectivity index (χ3v) is 2.73. The fourth-order valence-corrected chi connectivity index (χ4v) is 1.83. The zero-order chi connectivity index (χ0) is 13.8. The van der Waals surface area contributed by atoms with Crippen molar-refractivity contribution in [1.82, 2.24) is 0 Å². The molecule has 0 fully saturated rings. The van der Waals surface area contributed by atoms with Crippen molar-refractivity contribution < 1.29 is 19.1 Å². The van der Waals surface area contributed by atoms with E-state index < -0.39 is 17.5 Å². The maximum Gasteiger partial charge on any atom is 0.446 e. The molecule has 0 amide bonds. The number of hydrogen-bond donors (Lipinski definition) is 0. The Kier molecular flexibility index (Phi) is 3.50. The van der Waals surface area contributed by atoms with Crippen molar-refractivity contribution in [3.63, 3.8) is 0 Å². The molecule has 0 aromatic heterocycles. The SMILES string of the molecule is COC(=O)C(=[N+]=[N-])C(=O)c1cccc2ccccc12. The standard InChI is InChI=1S/C14H10N2O3/c1-19-14(18)12(16-15)13(17)11-8-4-6-9-5-2-3-7-10(9)11/h2-8H,1H3. The zero-order valence-electron chi connectivity index (χ0n) is 10.2. The first kappa shape index (κ1) is 12.7. The normalized spacial score (nSPS) is 9.74. The summed E-state index contributed by atoms with van der Waals surface area (Å²) >= 11 is 0. The van der Waals surface area contributed by atoms with E-state index in [-0.39, 0.29) is 5.56 Å². The van der Waals surface area contributed by atoms with Crippen LogP contribution in [0.15, 0.2) is 42.5 Å². The van der Waals surface area contributed by atoms with Gasteiger partial charge in [-0.3, -0.25) is 4.79 Å². The molecule has 0 saturated carbocycles. The van der Waals surface area contributed by atoms with E-state index in [1.54, 1.807) is 24.3 Å². The Bertz CT molecular complexity index is 710. The summed E-state index contributed by atoms with van der Waals surface area (Å²) in [5, 5.41) is 1.54. The lowest BCUT2D eigenvalue weighted by molar-refractivity contribution is -0.137. The van der Waals surface area contributed by atoms with E-state index in [2.05, 4.69) is 9.53 Å². The lowest BCUT2D eigenvalue weighted by Gasteiger charge is -2.02. The topological polar surface area (TPSA) is 79.8 Å². The highest BCUT2D eigenvalue weighted by molar-refractivity contribution is 6.66. The number of esters is 1. The van der Waals surface area contributed by atoms with E-state index in [1.165, 1.54) is 0 Å². The summed E-state index contributed by atoms with van der Waals surface area (Å²) in [6.07, 6.45) is 0. The van der Waals surface area contributed by atoms with E-state index in [9.17, 15) is 9.59 Å². The van der Waals surface area contributed by atoms with Gasteiger partial charge in [0.2, 0.25) is 0 Å². The van der Waals surface area contributed by atoms with Gasteiger partial charge in [-0.2, -0.15) is 4.79 Å². The number of fused-ring (bicyclic) bond motifs is 1. The van der Waals surface area contributed by atoms with Crippen molar-refractivity contribution >= 4 is 28.2 Å². The van der Waals surface area contributed by atoms with Crippen LogP contribution in [0.3, 0.4) is 0 Å². The van der Waals surface area contributed by atoms with Crippen LogP contribution in [0.25, 0.3) is 16.3 Å². The number of carbonyl (C=O) groups is 2. The Morgan fingerprint density at radius 3 is 2.47 bits per heavy atom. The summed E-state index contributed by atoms with van der Waals surface area (Å²) in [4.78, 5) is 26.3. The minimum absolute atomic E-state index is 0.288. The molecule has 0 unspecified atom stereocenters. The van der Waals surface area contributed by atoms with Crippen LogP contribution >= 0.6 is 0 Å². The Hall–Kier alpha value is -2.78. The third-order valence-electron chi connectivity index (χ3n) is 2.73. The number of methoxy groups -OCH3 is 1. The molecular weight excluding hydrogens is 244 g/mol. The van der Waals surface area contributed by atoms with E-state index in [1.807, 2.05) is 18.2 Å². The monoisotopic (exact) mass is 254 g/mol. The Morgan fingerprint density at radius 1 is 1.11 bits per heavy atom. The van der Waals surface area contributed by atoms with E-state index in [0.29, 0.717) is 5.39 Å². The van der Waals surface area contributed by atoms with Crippen molar-refractivity contribution in [2.75, 3.05) is 7.11 Å². The minimum Gasteiger partial charge on any atom is -0.460 e. The van der Waals surface area contributed by atoms with Gasteiger partial charge < -0.3 is 10.3 Å². The van der Waals surface area contributed by atoms with Gasteiger partial charge in [0, 0.05) is 5.56 Å². The quantitative estimate of drug-likeness (QED) is 0.209. The number of rotatable bonds is 3. The van der Waals surface area contributed by atoms with Crippen LogP contribution in [0.5, 0.6) is 0 Å². The average molecular weight is 254 g/mol. The molecule has 2 aromatic rings. The first-order valence-corrected chi connectivity index (χ1v) is 5.52. The van der Waals surface area contributed by atoms with Gasteiger partial charge in [0.1, 0.15) is 0 Å². The molecule has 0 spiro atoms. The second-order valence-electron chi connectivity index (χ2n) is 3.80. The van der Waals surface area contributed by atoms with Gasteiger partial charge in [-0.25, -0.2) is 4.79 Å². The van der Waals surface area contributed by atoms with Crippen LogP contribution in [-0.2, 0) is 9.53 Å². The molecule has 5 nitrogen and oxygen atoms in total. The number of nitrogens with zero attached hydrogens (tertiary/aromatic N) is 2.